The second-order valence-corrected chi connectivity index (χ2v) is 6.97. The zero-order valence-electron chi connectivity index (χ0n) is 12.9. The van der Waals surface area contributed by atoms with Gasteiger partial charge in [0.05, 0.1) is 5.69 Å². The lowest BCUT2D eigenvalue weighted by Gasteiger charge is -2.36. The molecule has 1 aliphatic heterocycles. The summed E-state index contributed by atoms with van der Waals surface area (Å²) in [6, 6.07) is 6.67. The van der Waals surface area contributed by atoms with Crippen molar-refractivity contribution >= 4 is 21.6 Å². The monoisotopic (exact) mass is 335 g/mol. The number of nitrogens with zero attached hydrogens (tertiary/aromatic N) is 2. The first-order valence-corrected chi connectivity index (χ1v) is 9.06. The van der Waals surface area contributed by atoms with Crippen molar-refractivity contribution in [3.05, 3.63) is 24.3 Å². The maximum absolute atomic E-state index is 12.1. The summed E-state index contributed by atoms with van der Waals surface area (Å²) >= 11 is 0. The van der Waals surface area contributed by atoms with Gasteiger partial charge in [0.1, 0.15) is 4.90 Å². The van der Waals surface area contributed by atoms with Gasteiger partial charge < -0.3 is 9.80 Å². The van der Waals surface area contributed by atoms with E-state index in [1.807, 2.05) is 4.90 Å². The molecule has 0 radical (unpaired) electrons. The molecule has 0 atom stereocenters. The average Bonchev–Trinajstić information content (AvgIpc) is 2.54. The lowest BCUT2D eigenvalue weighted by Crippen LogP contribution is -2.49. The highest BCUT2D eigenvalue weighted by molar-refractivity contribution is 7.89. The summed E-state index contributed by atoms with van der Waals surface area (Å²) in [6.45, 7) is 2.28. The molecule has 0 saturated carbocycles. The lowest BCUT2D eigenvalue weighted by atomic mass is 10.2. The summed E-state index contributed by atoms with van der Waals surface area (Å²) in [4.78, 5) is 15.9. The zero-order valence-corrected chi connectivity index (χ0v) is 13.8. The van der Waals surface area contributed by atoms with E-state index in [2.05, 4.69) is 5.92 Å². The van der Waals surface area contributed by atoms with Crippen LogP contribution in [0.2, 0.25) is 0 Å². The van der Waals surface area contributed by atoms with Gasteiger partial charge in [-0.15, -0.1) is 12.3 Å². The maximum Gasteiger partial charge on any atom is 0.240 e. The van der Waals surface area contributed by atoms with Crippen LogP contribution in [0.25, 0.3) is 0 Å². The number of terminal acetylenes is 1. The molecule has 124 valence electrons. The number of benzene rings is 1. The molecule has 1 aromatic rings. The third-order valence-electron chi connectivity index (χ3n) is 3.86. The van der Waals surface area contributed by atoms with Crippen molar-refractivity contribution in [3.8, 4) is 12.3 Å². The predicted molar refractivity (Wildman–Crippen MR) is 89.3 cm³/mol. The third-order valence-corrected chi connectivity index (χ3v) is 4.81. The summed E-state index contributed by atoms with van der Waals surface area (Å²) in [7, 11) is -3.77. The Morgan fingerprint density at radius 3 is 2.48 bits per heavy atom. The van der Waals surface area contributed by atoms with E-state index in [1.54, 1.807) is 23.1 Å². The molecule has 1 aromatic carbocycles. The molecule has 1 fully saturated rings. The van der Waals surface area contributed by atoms with Crippen molar-refractivity contribution < 1.29 is 13.2 Å². The Hall–Kier alpha value is -2.04. The first-order valence-electron chi connectivity index (χ1n) is 7.51. The smallest absolute Gasteiger partial charge is 0.240 e. The molecular formula is C16H21N3O3S. The van der Waals surface area contributed by atoms with Crippen molar-refractivity contribution in [2.24, 2.45) is 5.14 Å². The molecule has 1 heterocycles. The molecule has 2 rings (SSSR count). The van der Waals surface area contributed by atoms with Crippen LogP contribution < -0.4 is 10.0 Å². The highest BCUT2D eigenvalue weighted by Crippen LogP contribution is 2.25. The van der Waals surface area contributed by atoms with Gasteiger partial charge in [-0.25, -0.2) is 13.6 Å². The minimum atomic E-state index is -3.77. The topological polar surface area (TPSA) is 83.7 Å². The highest BCUT2D eigenvalue weighted by Gasteiger charge is 2.24. The summed E-state index contributed by atoms with van der Waals surface area (Å²) in [6.07, 6.45) is 6.94. The minimum absolute atomic E-state index is 0.0969. The van der Waals surface area contributed by atoms with Gasteiger partial charge in [0.2, 0.25) is 15.9 Å². The number of unbranched alkanes of at least 4 members (excludes halogenated alkanes) is 1. The van der Waals surface area contributed by atoms with Crippen LogP contribution in [0.5, 0.6) is 0 Å². The van der Waals surface area contributed by atoms with Gasteiger partial charge >= 0.3 is 0 Å². The van der Waals surface area contributed by atoms with E-state index in [9.17, 15) is 13.2 Å². The van der Waals surface area contributed by atoms with Gasteiger partial charge in [-0.1, -0.05) is 12.1 Å². The van der Waals surface area contributed by atoms with Gasteiger partial charge in [0, 0.05) is 39.0 Å². The first kappa shape index (κ1) is 17.3. The number of piperazine rings is 1. The van der Waals surface area contributed by atoms with E-state index in [0.717, 1.165) is 0 Å². The zero-order chi connectivity index (χ0) is 16.9. The summed E-state index contributed by atoms with van der Waals surface area (Å²) in [5.74, 6) is 2.62. The fraction of sp³-hybridized carbons (Fsp3) is 0.438. The van der Waals surface area contributed by atoms with E-state index in [-0.39, 0.29) is 10.8 Å². The SMILES string of the molecule is C#CCCCC(=O)N1CCN(c2ccccc2S(N)(=O)=O)CC1. The number of amides is 1. The molecule has 1 saturated heterocycles. The van der Waals surface area contributed by atoms with E-state index in [1.165, 1.54) is 6.07 Å². The highest BCUT2D eigenvalue weighted by atomic mass is 32.2. The Kier molecular flexibility index (Phi) is 5.64. The molecule has 0 spiro atoms. The molecule has 6 nitrogen and oxygen atoms in total. The van der Waals surface area contributed by atoms with Gasteiger partial charge in [0.15, 0.2) is 0 Å². The average molecular weight is 335 g/mol. The number of hydrogen-bond donors (Lipinski definition) is 1. The lowest BCUT2D eigenvalue weighted by molar-refractivity contribution is -0.131. The van der Waals surface area contributed by atoms with Crippen LogP contribution in [-0.4, -0.2) is 45.4 Å². The number of nitrogens with two attached hydrogens (primary N) is 1. The Morgan fingerprint density at radius 2 is 1.87 bits per heavy atom. The van der Waals surface area contributed by atoms with Crippen LogP contribution in [0.4, 0.5) is 5.69 Å². The molecule has 0 bridgehead atoms. The predicted octanol–water partition coefficient (Wildman–Crippen LogP) is 0.786. The largest absolute Gasteiger partial charge is 0.367 e. The van der Waals surface area contributed by atoms with Crippen molar-refractivity contribution in [1.82, 2.24) is 4.90 Å². The van der Waals surface area contributed by atoms with Crippen LogP contribution in [0.3, 0.4) is 0 Å². The Bertz CT molecular complexity index is 702. The van der Waals surface area contributed by atoms with Gasteiger partial charge in [0.25, 0.3) is 0 Å². The molecule has 0 unspecified atom stereocenters. The fourth-order valence-corrected chi connectivity index (χ4v) is 3.41. The van der Waals surface area contributed by atoms with Crippen molar-refractivity contribution in [2.45, 2.75) is 24.2 Å². The second kappa shape index (κ2) is 7.49. The van der Waals surface area contributed by atoms with Crippen LogP contribution in [0.15, 0.2) is 29.2 Å². The molecule has 7 heteroatoms. The number of primary sulfonamides is 1. The maximum atomic E-state index is 12.1. The standard InChI is InChI=1S/C16H21N3O3S/c1-2-3-4-9-16(20)19-12-10-18(11-13-19)14-7-5-6-8-15(14)23(17,21)22/h1,5-8H,3-4,9-13H2,(H2,17,21,22). The van der Waals surface area contributed by atoms with E-state index < -0.39 is 10.0 Å². The normalized spacial score (nSPS) is 15.3. The molecular weight excluding hydrogens is 314 g/mol. The van der Waals surface area contributed by atoms with Crippen LogP contribution in [0.1, 0.15) is 19.3 Å². The van der Waals surface area contributed by atoms with Gasteiger partial charge in [-0.05, 0) is 18.6 Å². The van der Waals surface area contributed by atoms with Crippen LogP contribution >= 0.6 is 0 Å². The van der Waals surface area contributed by atoms with Crippen molar-refractivity contribution in [1.29, 1.82) is 0 Å². The first-order chi connectivity index (χ1) is 10.9. The Balaban J connectivity index is 2.01. The number of para-hydroxylation sites is 1. The number of rotatable bonds is 5. The molecule has 1 amide bonds. The fourth-order valence-electron chi connectivity index (χ4n) is 2.66. The molecule has 23 heavy (non-hydrogen) atoms. The number of anilines is 1. The Morgan fingerprint density at radius 1 is 1.22 bits per heavy atom. The van der Waals surface area contributed by atoms with E-state index in [0.29, 0.717) is 51.1 Å². The van der Waals surface area contributed by atoms with Crippen molar-refractivity contribution in [3.63, 3.8) is 0 Å². The number of carbonyl (C=O) groups is 1. The number of sulfonamides is 1. The summed E-state index contributed by atoms with van der Waals surface area (Å²) in [5, 5.41) is 5.27. The van der Waals surface area contributed by atoms with Gasteiger partial charge in [-0.3, -0.25) is 4.79 Å². The van der Waals surface area contributed by atoms with Gasteiger partial charge in [-0.2, -0.15) is 0 Å². The quantitative estimate of drug-likeness (QED) is 0.637. The van der Waals surface area contributed by atoms with Crippen LogP contribution in [0, 0.1) is 12.3 Å². The van der Waals surface area contributed by atoms with E-state index in [4.69, 9.17) is 11.6 Å². The molecule has 0 aliphatic carbocycles. The van der Waals surface area contributed by atoms with E-state index >= 15 is 0 Å². The molecule has 0 aromatic heterocycles. The van der Waals surface area contributed by atoms with Crippen LogP contribution in [-0.2, 0) is 14.8 Å². The third kappa shape index (κ3) is 4.47. The Labute approximate surface area is 137 Å². The number of carbonyl (C=O) groups excluding carboxylic acids is 1. The summed E-state index contributed by atoms with van der Waals surface area (Å²) in [5.41, 5.74) is 0.592. The minimum Gasteiger partial charge on any atom is -0.367 e. The molecule has 1 aliphatic rings. The number of hydrogen-bond acceptors (Lipinski definition) is 4. The van der Waals surface area contributed by atoms with Crippen molar-refractivity contribution in [2.75, 3.05) is 31.1 Å². The second-order valence-electron chi connectivity index (χ2n) is 5.44. The summed E-state index contributed by atoms with van der Waals surface area (Å²) < 4.78 is 23.4. The molecule has 2 N–H and O–H groups in total.